The van der Waals surface area contributed by atoms with Gasteiger partial charge in [-0.2, -0.15) is 0 Å². The molecule has 1 amide bonds. The van der Waals surface area contributed by atoms with Crippen molar-refractivity contribution in [2.75, 3.05) is 6.61 Å². The molecule has 0 aliphatic carbocycles. The van der Waals surface area contributed by atoms with E-state index in [0.717, 1.165) is 0 Å². The van der Waals surface area contributed by atoms with Gasteiger partial charge in [-0.1, -0.05) is 0 Å². The van der Waals surface area contributed by atoms with Crippen LogP contribution in [0.1, 0.15) is 8.35 Å². The molecule has 0 atom stereocenters. The molecule has 5 heteroatoms. The summed E-state index contributed by atoms with van der Waals surface area (Å²) in [6, 6.07) is 0. The van der Waals surface area contributed by atoms with Crippen molar-refractivity contribution in [1.29, 1.82) is 0 Å². The standard InChI is InChI=1S/C3H7NO3.K.H/c1-2-7-3(5)4-6;;/h6H,2H2,1H3,(H,4,5);;/q;+1;-1. The average Bonchev–Trinajstić information content (AvgIpc) is 1.68. The minimum Gasteiger partial charge on any atom is -1.00 e. The Bertz CT molecular complexity index is 72.1. The predicted molar refractivity (Wildman–Crippen MR) is 23.1 cm³/mol. The van der Waals surface area contributed by atoms with Gasteiger partial charge < -0.3 is 6.16 Å². The summed E-state index contributed by atoms with van der Waals surface area (Å²) in [6.07, 6.45) is -0.817. The molecule has 2 N–H and O–H groups in total. The first-order chi connectivity index (χ1) is 3.31. The molecule has 0 heterocycles. The van der Waals surface area contributed by atoms with Gasteiger partial charge in [-0.15, -0.1) is 0 Å². The van der Waals surface area contributed by atoms with Crippen LogP contribution in [-0.4, -0.2) is 17.9 Å². The zero-order chi connectivity index (χ0) is 5.70. The van der Waals surface area contributed by atoms with Gasteiger partial charge in [0.25, 0.3) is 0 Å². The molecule has 8 heavy (non-hydrogen) atoms. The molecule has 0 saturated heterocycles. The van der Waals surface area contributed by atoms with Crippen molar-refractivity contribution in [3.05, 3.63) is 0 Å². The van der Waals surface area contributed by atoms with E-state index in [4.69, 9.17) is 5.21 Å². The number of hydrogen-bond acceptors (Lipinski definition) is 3. The van der Waals surface area contributed by atoms with Crippen molar-refractivity contribution < 1.29 is 67.5 Å². The molecule has 0 aliphatic heterocycles. The number of nitrogens with one attached hydrogen (secondary N) is 1. The maximum Gasteiger partial charge on any atom is 1.00 e. The van der Waals surface area contributed by atoms with Gasteiger partial charge >= 0.3 is 57.5 Å². The molecule has 0 aromatic rings. The van der Waals surface area contributed by atoms with E-state index in [2.05, 4.69) is 4.74 Å². The molecule has 0 saturated carbocycles. The molecule has 0 aliphatic rings. The predicted octanol–water partition coefficient (Wildman–Crippen LogP) is -2.76. The zero-order valence-electron chi connectivity index (χ0n) is 5.97. The van der Waals surface area contributed by atoms with Crippen LogP contribution >= 0.6 is 0 Å². The van der Waals surface area contributed by atoms with Crippen LogP contribution in [-0.2, 0) is 4.74 Å². The summed E-state index contributed by atoms with van der Waals surface area (Å²) in [5.74, 6) is 0. The molecular weight excluding hydrogens is 137 g/mol. The number of hydroxylamine groups is 1. The largest absolute Gasteiger partial charge is 1.00 e. The van der Waals surface area contributed by atoms with Gasteiger partial charge in [0.05, 0.1) is 6.61 Å². The molecular formula is C3H8KNO3. The molecule has 0 radical (unpaired) electrons. The fourth-order valence-corrected chi connectivity index (χ4v) is 0.163. The van der Waals surface area contributed by atoms with E-state index in [-0.39, 0.29) is 59.4 Å². The van der Waals surface area contributed by atoms with Crippen molar-refractivity contribution in [3.8, 4) is 0 Å². The Hall–Kier alpha value is 0.866. The molecule has 0 rings (SSSR count). The van der Waals surface area contributed by atoms with E-state index in [1.54, 1.807) is 6.92 Å². The van der Waals surface area contributed by atoms with Crippen LogP contribution in [0.15, 0.2) is 0 Å². The third kappa shape index (κ3) is 6.87. The first-order valence-corrected chi connectivity index (χ1v) is 1.88. The van der Waals surface area contributed by atoms with Gasteiger partial charge in [-0.05, 0) is 6.92 Å². The Balaban J connectivity index is -0.000000180. The van der Waals surface area contributed by atoms with Crippen molar-refractivity contribution in [2.24, 2.45) is 0 Å². The maximum atomic E-state index is 9.83. The number of carbonyl (C=O) groups excluding carboxylic acids is 1. The molecule has 44 valence electrons. The smallest absolute Gasteiger partial charge is 1.00 e. The molecule has 4 nitrogen and oxygen atoms in total. The summed E-state index contributed by atoms with van der Waals surface area (Å²) in [5.41, 5.74) is 1.30. The van der Waals surface area contributed by atoms with Crippen LogP contribution in [0.5, 0.6) is 0 Å². The van der Waals surface area contributed by atoms with Crippen molar-refractivity contribution in [3.63, 3.8) is 0 Å². The number of ether oxygens (including phenoxy) is 1. The topological polar surface area (TPSA) is 58.6 Å². The quantitative estimate of drug-likeness (QED) is 0.239. The first kappa shape index (κ1) is 11.6. The second kappa shape index (κ2) is 7.87. The van der Waals surface area contributed by atoms with E-state index in [1.807, 2.05) is 0 Å². The van der Waals surface area contributed by atoms with Gasteiger partial charge in [0, 0.05) is 0 Å². The Kier molecular flexibility index (Phi) is 11.4. The fourth-order valence-electron chi connectivity index (χ4n) is 0.163. The van der Waals surface area contributed by atoms with E-state index >= 15 is 0 Å². The third-order valence-electron chi connectivity index (χ3n) is 0.367. The Morgan fingerprint density at radius 2 is 2.50 bits per heavy atom. The Morgan fingerprint density at radius 1 is 2.00 bits per heavy atom. The average molecular weight is 145 g/mol. The van der Waals surface area contributed by atoms with Crippen LogP contribution < -0.4 is 56.9 Å². The van der Waals surface area contributed by atoms with Crippen molar-refractivity contribution >= 4 is 6.09 Å². The van der Waals surface area contributed by atoms with Crippen LogP contribution in [0.2, 0.25) is 0 Å². The zero-order valence-corrected chi connectivity index (χ0v) is 8.09. The number of hydrogen-bond donors (Lipinski definition) is 2. The normalized spacial score (nSPS) is 6.75. The van der Waals surface area contributed by atoms with Gasteiger partial charge in [0.15, 0.2) is 0 Å². The molecule has 0 aromatic carbocycles. The molecule has 0 spiro atoms. The minimum atomic E-state index is -0.817. The molecule has 0 bridgehead atoms. The number of carbonyl (C=O) groups is 1. The molecule has 0 aromatic heterocycles. The van der Waals surface area contributed by atoms with Gasteiger partial charge in [0.2, 0.25) is 0 Å². The maximum absolute atomic E-state index is 9.83. The first-order valence-electron chi connectivity index (χ1n) is 1.88. The molecule has 0 fully saturated rings. The van der Waals surface area contributed by atoms with E-state index < -0.39 is 6.09 Å². The Labute approximate surface area is 91.4 Å². The summed E-state index contributed by atoms with van der Waals surface area (Å²) >= 11 is 0. The van der Waals surface area contributed by atoms with E-state index in [0.29, 0.717) is 0 Å². The third-order valence-corrected chi connectivity index (χ3v) is 0.367. The van der Waals surface area contributed by atoms with Gasteiger partial charge in [-0.25, -0.2) is 10.3 Å². The van der Waals surface area contributed by atoms with Crippen molar-refractivity contribution in [1.82, 2.24) is 5.48 Å². The SMILES string of the molecule is CCOC(=O)NO.[H-].[K+]. The van der Waals surface area contributed by atoms with Crippen LogP contribution in [0.3, 0.4) is 0 Å². The van der Waals surface area contributed by atoms with E-state index in [1.165, 1.54) is 5.48 Å². The van der Waals surface area contributed by atoms with Crippen LogP contribution in [0.25, 0.3) is 0 Å². The summed E-state index contributed by atoms with van der Waals surface area (Å²) < 4.78 is 4.19. The number of amides is 1. The summed E-state index contributed by atoms with van der Waals surface area (Å²) in [4.78, 5) is 9.83. The fraction of sp³-hybridized carbons (Fsp3) is 0.667. The van der Waals surface area contributed by atoms with Crippen LogP contribution in [0, 0.1) is 0 Å². The van der Waals surface area contributed by atoms with Gasteiger partial charge in [0.1, 0.15) is 0 Å². The number of rotatable bonds is 1. The van der Waals surface area contributed by atoms with Crippen LogP contribution in [0.4, 0.5) is 4.79 Å². The van der Waals surface area contributed by atoms with Crippen molar-refractivity contribution in [2.45, 2.75) is 6.92 Å². The Morgan fingerprint density at radius 3 is 2.62 bits per heavy atom. The summed E-state index contributed by atoms with van der Waals surface area (Å²) in [5, 5.41) is 7.74. The second-order valence-corrected chi connectivity index (χ2v) is 0.832. The summed E-state index contributed by atoms with van der Waals surface area (Å²) in [7, 11) is 0. The van der Waals surface area contributed by atoms with E-state index in [9.17, 15) is 4.79 Å². The van der Waals surface area contributed by atoms with Gasteiger partial charge in [-0.3, -0.25) is 5.21 Å². The minimum absolute atomic E-state index is 0. The second-order valence-electron chi connectivity index (χ2n) is 0.832. The molecule has 0 unspecified atom stereocenters. The summed E-state index contributed by atoms with van der Waals surface area (Å²) in [6.45, 7) is 1.92. The monoisotopic (exact) mass is 145 g/mol.